The summed E-state index contributed by atoms with van der Waals surface area (Å²) in [6.07, 6.45) is 2.42. The summed E-state index contributed by atoms with van der Waals surface area (Å²) in [7, 11) is 1.56. The first-order valence-corrected chi connectivity index (χ1v) is 11.1. The lowest BCUT2D eigenvalue weighted by Gasteiger charge is -2.44. The molecule has 0 aliphatic carbocycles. The highest BCUT2D eigenvalue weighted by Crippen LogP contribution is 2.43. The number of likely N-dealkylation sites (tertiary alicyclic amines) is 1. The summed E-state index contributed by atoms with van der Waals surface area (Å²) < 4.78 is 32.4. The van der Waals surface area contributed by atoms with Crippen LogP contribution < -0.4 is 0 Å². The summed E-state index contributed by atoms with van der Waals surface area (Å²) in [5, 5.41) is 10.8. The molecule has 0 saturated carbocycles. The number of amides is 1. The van der Waals surface area contributed by atoms with Crippen LogP contribution in [0.1, 0.15) is 49.7 Å². The van der Waals surface area contributed by atoms with Crippen molar-refractivity contribution < 1.29 is 23.4 Å². The summed E-state index contributed by atoms with van der Waals surface area (Å²) in [6, 6.07) is 13.0. The molecule has 2 aliphatic heterocycles. The van der Waals surface area contributed by atoms with Crippen molar-refractivity contribution in [1.82, 2.24) is 9.80 Å². The molecule has 0 radical (unpaired) electrons. The van der Waals surface area contributed by atoms with Gasteiger partial charge in [0.1, 0.15) is 11.6 Å². The Morgan fingerprint density at radius 3 is 1.94 bits per heavy atom. The minimum atomic E-state index is -1.31. The summed E-state index contributed by atoms with van der Waals surface area (Å²) >= 11 is 0. The predicted octanol–water partition coefficient (Wildman–Crippen LogP) is 4.50. The molecule has 1 unspecified atom stereocenters. The summed E-state index contributed by atoms with van der Waals surface area (Å²) in [5.41, 5.74) is -0.160. The zero-order chi connectivity index (χ0) is 22.9. The van der Waals surface area contributed by atoms with Crippen molar-refractivity contribution in [3.05, 3.63) is 71.3 Å². The van der Waals surface area contributed by atoms with Gasteiger partial charge in [-0.25, -0.2) is 13.6 Å². The molecule has 1 amide bonds. The minimum absolute atomic E-state index is 0.0532. The molecule has 1 N–H and O–H groups in total. The number of halogens is 2. The number of carbonyl (C=O) groups excluding carboxylic acids is 1. The minimum Gasteiger partial charge on any atom is -0.437 e. The third-order valence-electron chi connectivity index (χ3n) is 7.25. The van der Waals surface area contributed by atoms with Crippen molar-refractivity contribution in [2.45, 2.75) is 49.9 Å². The number of benzene rings is 2. The van der Waals surface area contributed by atoms with Crippen LogP contribution in [0.15, 0.2) is 48.5 Å². The van der Waals surface area contributed by atoms with E-state index in [9.17, 15) is 18.7 Å². The first-order chi connectivity index (χ1) is 15.2. The van der Waals surface area contributed by atoms with Gasteiger partial charge in [-0.3, -0.25) is 4.90 Å². The van der Waals surface area contributed by atoms with Gasteiger partial charge in [-0.05, 0) is 61.7 Å². The second kappa shape index (κ2) is 8.79. The third kappa shape index (κ3) is 4.24. The fourth-order valence-corrected chi connectivity index (χ4v) is 4.96. The van der Waals surface area contributed by atoms with Gasteiger partial charge >= 0.3 is 6.09 Å². The van der Waals surface area contributed by atoms with E-state index in [1.165, 1.54) is 29.2 Å². The van der Waals surface area contributed by atoms with Crippen molar-refractivity contribution in [2.75, 3.05) is 26.7 Å². The standard InChI is InChI=1S/C25H30F2N2O3/c1-24(31)25(32-23(30)28(24)2)13-16-29(17-14-25)15-3-4-22(18-5-9-20(26)10-6-18)19-7-11-21(27)12-8-19/h5-12,22,31H,3-4,13-17H2,1-2H3. The maximum absolute atomic E-state index is 13.4. The Kier molecular flexibility index (Phi) is 6.23. The third-order valence-corrected chi connectivity index (χ3v) is 7.25. The van der Waals surface area contributed by atoms with E-state index >= 15 is 0 Å². The Bertz CT molecular complexity index is 893. The predicted molar refractivity (Wildman–Crippen MR) is 117 cm³/mol. The van der Waals surface area contributed by atoms with Gasteiger partial charge in [-0.15, -0.1) is 0 Å². The van der Waals surface area contributed by atoms with Crippen molar-refractivity contribution >= 4 is 6.09 Å². The molecule has 2 fully saturated rings. The molecule has 2 heterocycles. The molecule has 1 spiro atoms. The molecule has 2 aromatic carbocycles. The number of rotatable bonds is 6. The fraction of sp³-hybridized carbons (Fsp3) is 0.480. The maximum Gasteiger partial charge on any atom is 0.412 e. The number of piperidine rings is 1. The molecule has 1 atom stereocenters. The average Bonchev–Trinajstić information content (AvgIpc) is 2.94. The van der Waals surface area contributed by atoms with Gasteiger partial charge in [-0.1, -0.05) is 24.3 Å². The van der Waals surface area contributed by atoms with Gasteiger partial charge in [0.05, 0.1) is 0 Å². The van der Waals surface area contributed by atoms with Gasteiger partial charge in [-0.2, -0.15) is 0 Å². The van der Waals surface area contributed by atoms with E-state index in [0.29, 0.717) is 12.8 Å². The normalized spacial score (nSPS) is 23.2. The molecular weight excluding hydrogens is 414 g/mol. The van der Waals surface area contributed by atoms with E-state index in [-0.39, 0.29) is 17.6 Å². The number of ether oxygens (including phenoxy) is 1. The number of aliphatic hydroxyl groups is 1. The molecule has 2 aliphatic rings. The number of likely N-dealkylation sites (N-methyl/N-ethyl adjacent to an activating group) is 1. The number of carbonyl (C=O) groups is 1. The summed E-state index contributed by atoms with van der Waals surface area (Å²) in [4.78, 5) is 15.6. The van der Waals surface area contributed by atoms with E-state index in [2.05, 4.69) is 4.90 Å². The second-order valence-electron chi connectivity index (χ2n) is 9.08. The van der Waals surface area contributed by atoms with Crippen LogP contribution in [-0.4, -0.2) is 59.0 Å². The SMILES string of the molecule is CN1C(=O)OC2(CCN(CCCC(c3ccc(F)cc3)c3ccc(F)cc3)CC2)C1(C)O. The van der Waals surface area contributed by atoms with Gasteiger partial charge in [0.2, 0.25) is 0 Å². The van der Waals surface area contributed by atoms with Crippen LogP contribution >= 0.6 is 0 Å². The monoisotopic (exact) mass is 444 g/mol. The van der Waals surface area contributed by atoms with E-state index in [1.54, 1.807) is 38.2 Å². The molecule has 0 aromatic heterocycles. The van der Waals surface area contributed by atoms with Crippen LogP contribution in [0, 0.1) is 11.6 Å². The summed E-state index contributed by atoms with van der Waals surface area (Å²) in [6.45, 7) is 3.97. The highest BCUT2D eigenvalue weighted by molar-refractivity contribution is 5.71. The Labute approximate surface area is 187 Å². The first kappa shape index (κ1) is 22.7. The van der Waals surface area contributed by atoms with E-state index < -0.39 is 17.4 Å². The van der Waals surface area contributed by atoms with Crippen molar-refractivity contribution in [3.63, 3.8) is 0 Å². The molecule has 4 rings (SSSR count). The molecule has 172 valence electrons. The second-order valence-corrected chi connectivity index (χ2v) is 9.08. The number of hydrogen-bond acceptors (Lipinski definition) is 4. The van der Waals surface area contributed by atoms with Crippen LogP contribution in [0.25, 0.3) is 0 Å². The van der Waals surface area contributed by atoms with Crippen LogP contribution in [-0.2, 0) is 4.74 Å². The number of hydrogen-bond donors (Lipinski definition) is 1. The molecule has 0 bridgehead atoms. The van der Waals surface area contributed by atoms with E-state index in [1.807, 2.05) is 0 Å². The lowest BCUT2D eigenvalue weighted by atomic mass is 9.82. The van der Waals surface area contributed by atoms with Crippen molar-refractivity contribution in [3.8, 4) is 0 Å². The highest BCUT2D eigenvalue weighted by Gasteiger charge is 2.61. The van der Waals surface area contributed by atoms with Gasteiger partial charge in [0.15, 0.2) is 11.3 Å². The highest BCUT2D eigenvalue weighted by atomic mass is 19.1. The quantitative estimate of drug-likeness (QED) is 0.713. The van der Waals surface area contributed by atoms with Crippen molar-refractivity contribution in [1.29, 1.82) is 0 Å². The van der Waals surface area contributed by atoms with Gasteiger partial charge < -0.3 is 14.7 Å². The molecular formula is C25H30F2N2O3. The number of nitrogens with zero attached hydrogens (tertiary/aromatic N) is 2. The topological polar surface area (TPSA) is 53.0 Å². The summed E-state index contributed by atoms with van der Waals surface area (Å²) in [5.74, 6) is -0.497. The van der Waals surface area contributed by atoms with E-state index in [0.717, 1.165) is 43.6 Å². The van der Waals surface area contributed by atoms with Crippen LogP contribution in [0.3, 0.4) is 0 Å². The lowest BCUT2D eigenvalue weighted by Crippen LogP contribution is -2.59. The van der Waals surface area contributed by atoms with Crippen LogP contribution in [0.5, 0.6) is 0 Å². The zero-order valence-electron chi connectivity index (χ0n) is 18.6. The maximum atomic E-state index is 13.4. The van der Waals surface area contributed by atoms with Crippen LogP contribution in [0.4, 0.5) is 13.6 Å². The molecule has 5 nitrogen and oxygen atoms in total. The van der Waals surface area contributed by atoms with E-state index in [4.69, 9.17) is 4.74 Å². The van der Waals surface area contributed by atoms with Gasteiger partial charge in [0.25, 0.3) is 0 Å². The molecule has 32 heavy (non-hydrogen) atoms. The first-order valence-electron chi connectivity index (χ1n) is 11.1. The fourth-order valence-electron chi connectivity index (χ4n) is 4.96. The van der Waals surface area contributed by atoms with Gasteiger partial charge in [0, 0.05) is 38.9 Å². The Balaban J connectivity index is 1.37. The zero-order valence-corrected chi connectivity index (χ0v) is 18.6. The lowest BCUT2D eigenvalue weighted by molar-refractivity contribution is -0.160. The Morgan fingerprint density at radius 1 is 1.00 bits per heavy atom. The van der Waals surface area contributed by atoms with Crippen LogP contribution in [0.2, 0.25) is 0 Å². The van der Waals surface area contributed by atoms with Crippen molar-refractivity contribution in [2.24, 2.45) is 0 Å². The smallest absolute Gasteiger partial charge is 0.412 e. The molecule has 7 heteroatoms. The molecule has 2 saturated heterocycles. The molecule has 2 aromatic rings. The Hall–Kier alpha value is -2.51. The Morgan fingerprint density at radius 2 is 1.50 bits per heavy atom. The average molecular weight is 445 g/mol. The largest absolute Gasteiger partial charge is 0.437 e.